The Morgan fingerprint density at radius 3 is 2.15 bits per heavy atom. The largest absolute Gasteiger partial charge is 0.497 e. The van der Waals surface area contributed by atoms with Crippen LogP contribution in [0.3, 0.4) is 0 Å². The summed E-state index contributed by atoms with van der Waals surface area (Å²) in [6, 6.07) is 10.9. The van der Waals surface area contributed by atoms with Crippen LogP contribution in [0.15, 0.2) is 47.5 Å². The van der Waals surface area contributed by atoms with Crippen LogP contribution in [0.25, 0.3) is 0 Å². The monoisotopic (exact) mass is 471 g/mol. The summed E-state index contributed by atoms with van der Waals surface area (Å²) in [4.78, 5) is 53.3. The molecule has 2 amide bonds. The zero-order chi connectivity index (χ0) is 24.0. The molecule has 0 radical (unpaired) electrons. The summed E-state index contributed by atoms with van der Waals surface area (Å²) in [5.74, 6) is -1.56. The first-order valence-electron chi connectivity index (χ1n) is 9.64. The molecule has 2 aromatic rings. The minimum atomic E-state index is -0.779. The summed E-state index contributed by atoms with van der Waals surface area (Å²) in [6.45, 7) is 0. The number of aliphatic imine (C=N–C) groups is 1. The van der Waals surface area contributed by atoms with Crippen LogP contribution < -0.4 is 15.4 Å². The third-order valence-corrected chi connectivity index (χ3v) is 5.59. The van der Waals surface area contributed by atoms with Gasteiger partial charge < -0.3 is 24.8 Å². The number of amidine groups is 1. The Morgan fingerprint density at radius 2 is 1.61 bits per heavy atom. The fourth-order valence-corrected chi connectivity index (χ4v) is 3.91. The highest BCUT2D eigenvalue weighted by molar-refractivity contribution is 8.15. The highest BCUT2D eigenvalue weighted by Crippen LogP contribution is 2.26. The topological polar surface area (TPSA) is 132 Å². The maximum atomic E-state index is 12.9. The van der Waals surface area contributed by atoms with Gasteiger partial charge >= 0.3 is 11.9 Å². The molecule has 1 fully saturated rings. The van der Waals surface area contributed by atoms with Crippen LogP contribution in [0.2, 0.25) is 0 Å². The summed E-state index contributed by atoms with van der Waals surface area (Å²) in [5, 5.41) is 4.78. The van der Waals surface area contributed by atoms with Crippen LogP contribution in [0, 0.1) is 0 Å². The van der Waals surface area contributed by atoms with E-state index in [0.717, 1.165) is 11.8 Å². The number of benzene rings is 2. The highest BCUT2D eigenvalue weighted by atomic mass is 32.2. The van der Waals surface area contributed by atoms with E-state index in [1.165, 1.54) is 32.4 Å². The molecule has 0 aromatic heterocycles. The van der Waals surface area contributed by atoms with Gasteiger partial charge in [0.05, 0.1) is 38.1 Å². The normalized spacial score (nSPS) is 16.5. The van der Waals surface area contributed by atoms with Crippen molar-refractivity contribution in [1.82, 2.24) is 5.32 Å². The van der Waals surface area contributed by atoms with Crippen molar-refractivity contribution in [3.05, 3.63) is 53.6 Å². The number of esters is 2. The molecule has 0 saturated carbocycles. The summed E-state index contributed by atoms with van der Waals surface area (Å²) >= 11 is 1.09. The number of rotatable bonds is 6. The Bertz CT molecular complexity index is 1080. The van der Waals surface area contributed by atoms with Crippen molar-refractivity contribution in [3.8, 4) is 5.75 Å². The average molecular weight is 471 g/mol. The van der Waals surface area contributed by atoms with Crippen molar-refractivity contribution in [1.29, 1.82) is 0 Å². The number of hydrogen-bond donors (Lipinski definition) is 2. The highest BCUT2D eigenvalue weighted by Gasteiger charge is 2.30. The lowest BCUT2D eigenvalue weighted by Crippen LogP contribution is -2.41. The molecule has 0 bridgehead atoms. The van der Waals surface area contributed by atoms with Crippen molar-refractivity contribution in [2.75, 3.05) is 26.6 Å². The van der Waals surface area contributed by atoms with E-state index in [9.17, 15) is 19.2 Å². The number of methoxy groups -OCH3 is 3. The molecule has 0 spiro atoms. The summed E-state index contributed by atoms with van der Waals surface area (Å²) in [7, 11) is 3.95. The number of ether oxygens (including phenoxy) is 3. The van der Waals surface area contributed by atoms with Gasteiger partial charge in [-0.15, -0.1) is 0 Å². The first kappa shape index (κ1) is 23.8. The molecule has 3 rings (SSSR count). The molecule has 172 valence electrons. The number of carbonyl (C=O) groups is 4. The molecule has 2 aromatic carbocycles. The SMILES string of the molecule is COC(=O)c1cc(NC(=O)[C@@H]2CC(=O)NC(=Nc3ccc(OC)cc3)S2)cc(C(=O)OC)c1. The quantitative estimate of drug-likeness (QED) is 0.614. The van der Waals surface area contributed by atoms with E-state index in [-0.39, 0.29) is 34.3 Å². The van der Waals surface area contributed by atoms with E-state index >= 15 is 0 Å². The molecule has 1 atom stereocenters. The van der Waals surface area contributed by atoms with Gasteiger partial charge in [0.2, 0.25) is 11.8 Å². The number of hydrogen-bond acceptors (Lipinski definition) is 9. The Kier molecular flexibility index (Phi) is 7.67. The second-order valence-corrected chi connectivity index (χ2v) is 7.94. The molecular weight excluding hydrogens is 450 g/mol. The Morgan fingerprint density at radius 1 is 1.00 bits per heavy atom. The average Bonchev–Trinajstić information content (AvgIpc) is 2.82. The number of nitrogens with zero attached hydrogens (tertiary/aromatic N) is 1. The lowest BCUT2D eigenvalue weighted by molar-refractivity contribution is -0.123. The van der Waals surface area contributed by atoms with Crippen molar-refractivity contribution in [2.45, 2.75) is 11.7 Å². The molecule has 2 N–H and O–H groups in total. The molecule has 33 heavy (non-hydrogen) atoms. The zero-order valence-corrected chi connectivity index (χ0v) is 18.9. The van der Waals surface area contributed by atoms with Crippen LogP contribution >= 0.6 is 11.8 Å². The van der Waals surface area contributed by atoms with Gasteiger partial charge in [0.1, 0.15) is 11.0 Å². The van der Waals surface area contributed by atoms with Gasteiger partial charge in [-0.1, -0.05) is 11.8 Å². The minimum absolute atomic E-state index is 0.0616. The van der Waals surface area contributed by atoms with Crippen molar-refractivity contribution >= 4 is 52.1 Å². The van der Waals surface area contributed by atoms with E-state index < -0.39 is 23.1 Å². The van der Waals surface area contributed by atoms with Gasteiger partial charge in [-0.2, -0.15) is 0 Å². The number of thioether (sulfide) groups is 1. The fourth-order valence-electron chi connectivity index (χ4n) is 2.91. The lowest BCUT2D eigenvalue weighted by atomic mass is 10.1. The van der Waals surface area contributed by atoms with Gasteiger partial charge in [-0.3, -0.25) is 9.59 Å². The second kappa shape index (κ2) is 10.6. The summed E-state index contributed by atoms with van der Waals surface area (Å²) < 4.78 is 14.5. The minimum Gasteiger partial charge on any atom is -0.497 e. The Balaban J connectivity index is 1.79. The van der Waals surface area contributed by atoms with Gasteiger partial charge in [-0.25, -0.2) is 14.6 Å². The maximum Gasteiger partial charge on any atom is 0.337 e. The molecule has 1 heterocycles. The van der Waals surface area contributed by atoms with Gasteiger partial charge in [0.15, 0.2) is 5.17 Å². The standard InChI is InChI=1S/C22H21N3O7S/c1-30-16-6-4-14(5-7-16)24-22-25-18(26)11-17(33-22)19(27)23-15-9-12(20(28)31-2)8-13(10-15)21(29)32-3/h4-10,17H,11H2,1-3H3,(H,23,27)(H,24,25,26)/t17-/m0/s1. The van der Waals surface area contributed by atoms with Crippen molar-refractivity contribution in [2.24, 2.45) is 4.99 Å². The zero-order valence-electron chi connectivity index (χ0n) is 18.0. The van der Waals surface area contributed by atoms with Gasteiger partial charge in [0, 0.05) is 12.1 Å². The van der Waals surface area contributed by atoms with Crippen LogP contribution in [-0.4, -0.2) is 55.5 Å². The number of carbonyl (C=O) groups excluding carboxylic acids is 4. The molecule has 1 saturated heterocycles. The number of nitrogens with one attached hydrogen (secondary N) is 2. The second-order valence-electron chi connectivity index (χ2n) is 6.75. The van der Waals surface area contributed by atoms with Crippen molar-refractivity contribution < 1.29 is 33.4 Å². The molecule has 1 aliphatic heterocycles. The van der Waals surface area contributed by atoms with Crippen LogP contribution in [0.1, 0.15) is 27.1 Å². The van der Waals surface area contributed by atoms with E-state index in [1.807, 2.05) is 0 Å². The molecule has 10 nitrogen and oxygen atoms in total. The third-order valence-electron chi connectivity index (χ3n) is 4.51. The molecule has 0 unspecified atom stereocenters. The first-order valence-corrected chi connectivity index (χ1v) is 10.5. The third kappa shape index (κ3) is 6.10. The maximum absolute atomic E-state index is 12.9. The van der Waals surface area contributed by atoms with Crippen molar-refractivity contribution in [3.63, 3.8) is 0 Å². The molecule has 0 aliphatic carbocycles. The molecule has 1 aliphatic rings. The summed E-state index contributed by atoms with van der Waals surface area (Å²) in [6.07, 6.45) is -0.0708. The first-order chi connectivity index (χ1) is 15.8. The van der Waals surface area contributed by atoms with Crippen LogP contribution in [-0.2, 0) is 19.1 Å². The fraction of sp³-hybridized carbons (Fsp3) is 0.227. The lowest BCUT2D eigenvalue weighted by Gasteiger charge is -2.22. The number of anilines is 1. The van der Waals surface area contributed by atoms with Crippen LogP contribution in [0.4, 0.5) is 11.4 Å². The predicted octanol–water partition coefficient (Wildman–Crippen LogP) is 2.52. The predicted molar refractivity (Wildman–Crippen MR) is 122 cm³/mol. The van der Waals surface area contributed by atoms with Gasteiger partial charge in [0.25, 0.3) is 0 Å². The number of amides is 2. The van der Waals surface area contributed by atoms with E-state index in [2.05, 4.69) is 15.6 Å². The Hall–Kier alpha value is -3.86. The van der Waals surface area contributed by atoms with E-state index in [4.69, 9.17) is 14.2 Å². The molecule has 11 heteroatoms. The van der Waals surface area contributed by atoms with E-state index in [0.29, 0.717) is 11.4 Å². The smallest absolute Gasteiger partial charge is 0.337 e. The summed E-state index contributed by atoms with van der Waals surface area (Å²) in [5.41, 5.74) is 0.884. The Labute approximate surface area is 193 Å². The molecular formula is C22H21N3O7S. The van der Waals surface area contributed by atoms with Gasteiger partial charge in [-0.05, 0) is 42.5 Å². The van der Waals surface area contributed by atoms with E-state index in [1.54, 1.807) is 31.4 Å². The van der Waals surface area contributed by atoms with Crippen LogP contribution in [0.5, 0.6) is 5.75 Å².